The second kappa shape index (κ2) is 5.75. The minimum absolute atomic E-state index is 0.112. The van der Waals surface area contributed by atoms with Crippen molar-refractivity contribution in [3.05, 3.63) is 51.7 Å². The largest absolute Gasteiger partial charge is 0.361 e. The van der Waals surface area contributed by atoms with Crippen LogP contribution in [0, 0.1) is 26.6 Å². The van der Waals surface area contributed by atoms with Gasteiger partial charge < -0.3 is 5.32 Å². The smallest absolute Gasteiger partial charge is 0.171 e. The standard InChI is InChI=1S/C15H17ClFN3/c1-8-5-6-12(7-13(8)17)11(4)20-15-14(16)18-9(2)10(3)19-15/h5-7,11H,1-4H3,(H,19,20). The Morgan fingerprint density at radius 3 is 2.45 bits per heavy atom. The average Bonchev–Trinajstić information content (AvgIpc) is 2.39. The summed E-state index contributed by atoms with van der Waals surface area (Å²) in [7, 11) is 0. The zero-order chi connectivity index (χ0) is 14.9. The average molecular weight is 294 g/mol. The third-order valence-corrected chi connectivity index (χ3v) is 3.58. The van der Waals surface area contributed by atoms with E-state index in [2.05, 4.69) is 15.3 Å². The molecule has 1 atom stereocenters. The molecular weight excluding hydrogens is 277 g/mol. The molecule has 0 aliphatic rings. The van der Waals surface area contributed by atoms with Crippen molar-refractivity contribution in [2.24, 2.45) is 0 Å². The van der Waals surface area contributed by atoms with Crippen LogP contribution < -0.4 is 5.32 Å². The molecular formula is C15H17ClFN3. The quantitative estimate of drug-likeness (QED) is 0.913. The van der Waals surface area contributed by atoms with Gasteiger partial charge in [-0.3, -0.25) is 0 Å². The molecule has 1 aromatic heterocycles. The zero-order valence-corrected chi connectivity index (χ0v) is 12.7. The van der Waals surface area contributed by atoms with Gasteiger partial charge in [0.05, 0.1) is 17.4 Å². The summed E-state index contributed by atoms with van der Waals surface area (Å²) in [4.78, 5) is 8.60. The monoisotopic (exact) mass is 293 g/mol. The number of hydrogen-bond acceptors (Lipinski definition) is 3. The van der Waals surface area contributed by atoms with Crippen molar-refractivity contribution >= 4 is 17.4 Å². The molecule has 2 aromatic rings. The van der Waals surface area contributed by atoms with Gasteiger partial charge in [0.1, 0.15) is 5.82 Å². The molecule has 0 aliphatic carbocycles. The number of rotatable bonds is 3. The Morgan fingerprint density at radius 2 is 1.80 bits per heavy atom. The van der Waals surface area contributed by atoms with E-state index >= 15 is 0 Å². The lowest BCUT2D eigenvalue weighted by atomic mass is 10.1. The zero-order valence-electron chi connectivity index (χ0n) is 12.0. The molecule has 1 unspecified atom stereocenters. The SMILES string of the molecule is Cc1ccc(C(C)Nc2nc(C)c(C)nc2Cl)cc1F. The number of aryl methyl sites for hydroxylation is 3. The van der Waals surface area contributed by atoms with Crippen molar-refractivity contribution < 1.29 is 4.39 Å². The van der Waals surface area contributed by atoms with Crippen molar-refractivity contribution in [2.45, 2.75) is 33.7 Å². The lowest BCUT2D eigenvalue weighted by Crippen LogP contribution is -2.10. The first-order valence-corrected chi connectivity index (χ1v) is 6.79. The fraction of sp³-hybridized carbons (Fsp3) is 0.333. The molecule has 106 valence electrons. The van der Waals surface area contributed by atoms with Gasteiger partial charge in [0, 0.05) is 0 Å². The number of aromatic nitrogens is 2. The van der Waals surface area contributed by atoms with Crippen molar-refractivity contribution in [1.29, 1.82) is 0 Å². The highest BCUT2D eigenvalue weighted by Crippen LogP contribution is 2.24. The molecule has 0 radical (unpaired) electrons. The van der Waals surface area contributed by atoms with Gasteiger partial charge in [-0.2, -0.15) is 0 Å². The van der Waals surface area contributed by atoms with Crippen LogP contribution in [-0.2, 0) is 0 Å². The van der Waals surface area contributed by atoms with Gasteiger partial charge in [-0.1, -0.05) is 23.7 Å². The maximum absolute atomic E-state index is 13.6. The summed E-state index contributed by atoms with van der Waals surface area (Å²) in [5, 5.41) is 3.50. The second-order valence-corrected chi connectivity index (χ2v) is 5.27. The van der Waals surface area contributed by atoms with Crippen molar-refractivity contribution in [3.8, 4) is 0 Å². The molecule has 0 amide bonds. The Hall–Kier alpha value is -1.68. The number of halogens is 2. The lowest BCUT2D eigenvalue weighted by molar-refractivity contribution is 0.614. The van der Waals surface area contributed by atoms with Crippen LogP contribution in [0.1, 0.15) is 35.5 Å². The molecule has 3 nitrogen and oxygen atoms in total. The van der Waals surface area contributed by atoms with Crippen LogP contribution in [0.15, 0.2) is 18.2 Å². The maximum Gasteiger partial charge on any atom is 0.171 e. The highest BCUT2D eigenvalue weighted by atomic mass is 35.5. The minimum Gasteiger partial charge on any atom is -0.361 e. The van der Waals surface area contributed by atoms with E-state index < -0.39 is 0 Å². The molecule has 0 aliphatic heterocycles. The summed E-state index contributed by atoms with van der Waals surface area (Å²) in [6.07, 6.45) is 0. The molecule has 0 saturated heterocycles. The van der Waals surface area contributed by atoms with Crippen LogP contribution in [-0.4, -0.2) is 9.97 Å². The highest BCUT2D eigenvalue weighted by molar-refractivity contribution is 6.31. The van der Waals surface area contributed by atoms with Gasteiger partial charge in [-0.15, -0.1) is 0 Å². The second-order valence-electron chi connectivity index (χ2n) is 4.91. The molecule has 0 spiro atoms. The van der Waals surface area contributed by atoms with Crippen LogP contribution in [0.3, 0.4) is 0 Å². The molecule has 5 heteroatoms. The summed E-state index contributed by atoms with van der Waals surface area (Å²) >= 11 is 6.08. The fourth-order valence-corrected chi connectivity index (χ4v) is 2.06. The Morgan fingerprint density at radius 1 is 1.15 bits per heavy atom. The van der Waals surface area contributed by atoms with E-state index in [1.807, 2.05) is 26.8 Å². The van der Waals surface area contributed by atoms with Gasteiger partial charge in [0.25, 0.3) is 0 Å². The fourth-order valence-electron chi connectivity index (χ4n) is 1.83. The van der Waals surface area contributed by atoms with Gasteiger partial charge in [-0.25, -0.2) is 14.4 Å². The van der Waals surface area contributed by atoms with Crippen LogP contribution in [0.5, 0.6) is 0 Å². The van der Waals surface area contributed by atoms with E-state index in [0.717, 1.165) is 17.0 Å². The lowest BCUT2D eigenvalue weighted by Gasteiger charge is -2.17. The predicted molar refractivity (Wildman–Crippen MR) is 79.7 cm³/mol. The number of benzene rings is 1. The van der Waals surface area contributed by atoms with E-state index in [1.165, 1.54) is 6.07 Å². The molecule has 1 heterocycles. The molecule has 0 saturated carbocycles. The first kappa shape index (κ1) is 14.7. The Kier molecular flexibility index (Phi) is 4.23. The van der Waals surface area contributed by atoms with Crippen LogP contribution >= 0.6 is 11.6 Å². The number of hydrogen-bond donors (Lipinski definition) is 1. The maximum atomic E-state index is 13.6. The first-order chi connectivity index (χ1) is 9.38. The van der Waals surface area contributed by atoms with Crippen molar-refractivity contribution in [1.82, 2.24) is 9.97 Å². The van der Waals surface area contributed by atoms with E-state index in [9.17, 15) is 4.39 Å². The van der Waals surface area contributed by atoms with Crippen LogP contribution in [0.25, 0.3) is 0 Å². The third kappa shape index (κ3) is 3.07. The molecule has 0 bridgehead atoms. The van der Waals surface area contributed by atoms with Gasteiger partial charge in [0.2, 0.25) is 0 Å². The Bertz CT molecular complexity index is 643. The molecule has 2 rings (SSSR count). The van der Waals surface area contributed by atoms with E-state index in [0.29, 0.717) is 16.5 Å². The summed E-state index contributed by atoms with van der Waals surface area (Å²) in [6.45, 7) is 7.40. The predicted octanol–water partition coefficient (Wildman–Crippen LogP) is 4.37. The summed E-state index contributed by atoms with van der Waals surface area (Å²) in [6, 6.07) is 5.06. The van der Waals surface area contributed by atoms with E-state index in [-0.39, 0.29) is 11.9 Å². The minimum atomic E-state index is -0.214. The molecule has 1 aromatic carbocycles. The molecule has 0 fully saturated rings. The van der Waals surface area contributed by atoms with Crippen molar-refractivity contribution in [3.63, 3.8) is 0 Å². The normalized spacial score (nSPS) is 12.3. The summed E-state index contributed by atoms with van der Waals surface area (Å²) < 4.78 is 13.6. The van der Waals surface area contributed by atoms with Crippen LogP contribution in [0.2, 0.25) is 5.15 Å². The number of nitrogens with zero attached hydrogens (tertiary/aromatic N) is 2. The Balaban J connectivity index is 2.25. The molecule has 20 heavy (non-hydrogen) atoms. The summed E-state index contributed by atoms with van der Waals surface area (Å²) in [5.74, 6) is 0.302. The van der Waals surface area contributed by atoms with Gasteiger partial charge >= 0.3 is 0 Å². The number of nitrogens with one attached hydrogen (secondary N) is 1. The van der Waals surface area contributed by atoms with Crippen LogP contribution in [0.4, 0.5) is 10.2 Å². The van der Waals surface area contributed by atoms with Gasteiger partial charge in [-0.05, 0) is 44.9 Å². The highest BCUT2D eigenvalue weighted by Gasteiger charge is 2.12. The summed E-state index contributed by atoms with van der Waals surface area (Å²) in [5.41, 5.74) is 3.09. The van der Waals surface area contributed by atoms with E-state index in [4.69, 9.17) is 11.6 Å². The Labute approximate surface area is 123 Å². The van der Waals surface area contributed by atoms with E-state index in [1.54, 1.807) is 13.0 Å². The number of anilines is 1. The third-order valence-electron chi connectivity index (χ3n) is 3.31. The van der Waals surface area contributed by atoms with Crippen molar-refractivity contribution in [2.75, 3.05) is 5.32 Å². The first-order valence-electron chi connectivity index (χ1n) is 6.42. The van der Waals surface area contributed by atoms with Gasteiger partial charge in [0.15, 0.2) is 11.0 Å². The topological polar surface area (TPSA) is 37.8 Å². The molecule has 1 N–H and O–H groups in total.